The van der Waals surface area contributed by atoms with E-state index in [1.807, 2.05) is 0 Å². The summed E-state index contributed by atoms with van der Waals surface area (Å²) < 4.78 is 0. The largest absolute Gasteiger partial charge is 0.310 e. The van der Waals surface area contributed by atoms with Gasteiger partial charge in [0.1, 0.15) is 0 Å². The minimum absolute atomic E-state index is 0.579. The second-order valence-corrected chi connectivity index (χ2v) is 5.89. The maximum atomic E-state index is 3.59. The first-order valence-electron chi connectivity index (χ1n) is 7.12. The van der Waals surface area contributed by atoms with E-state index < -0.39 is 0 Å². The van der Waals surface area contributed by atoms with E-state index in [-0.39, 0.29) is 0 Å². The highest BCUT2D eigenvalue weighted by molar-refractivity contribution is 5.27. The zero-order valence-corrected chi connectivity index (χ0v) is 11.9. The Bertz CT molecular complexity index is 352. The van der Waals surface area contributed by atoms with Crippen molar-refractivity contribution in [3.8, 4) is 0 Å². The second kappa shape index (κ2) is 6.35. The highest BCUT2D eigenvalue weighted by Crippen LogP contribution is 2.39. The first-order chi connectivity index (χ1) is 8.65. The third kappa shape index (κ3) is 4.43. The van der Waals surface area contributed by atoms with Crippen molar-refractivity contribution in [1.29, 1.82) is 0 Å². The number of nitrogens with one attached hydrogen (secondary N) is 1. The molecule has 0 heterocycles. The highest BCUT2D eigenvalue weighted by Gasteiger charge is 2.22. The molecule has 0 aromatic heterocycles. The van der Waals surface area contributed by atoms with Crippen LogP contribution in [-0.2, 0) is 6.54 Å². The molecule has 0 bridgehead atoms. The molecule has 1 aliphatic carbocycles. The third-order valence-corrected chi connectivity index (χ3v) is 3.69. The van der Waals surface area contributed by atoms with Crippen LogP contribution in [0.15, 0.2) is 24.3 Å². The van der Waals surface area contributed by atoms with E-state index in [1.165, 1.54) is 30.4 Å². The van der Waals surface area contributed by atoms with Crippen molar-refractivity contribution in [3.05, 3.63) is 35.4 Å². The van der Waals surface area contributed by atoms with Crippen LogP contribution < -0.4 is 5.32 Å². The summed E-state index contributed by atoms with van der Waals surface area (Å²) >= 11 is 0. The molecule has 1 saturated carbocycles. The fourth-order valence-corrected chi connectivity index (χ4v) is 2.17. The standard InChI is InChI=1S/C16H26N2/c1-13(10-11-18(2)3)17-12-14-4-6-15(7-5-14)16-8-9-16/h4-7,13,16-17H,8-12H2,1-3H3. The number of nitrogens with zero attached hydrogens (tertiary/aromatic N) is 1. The molecular weight excluding hydrogens is 220 g/mol. The minimum atomic E-state index is 0.579. The summed E-state index contributed by atoms with van der Waals surface area (Å²) in [4.78, 5) is 2.24. The molecule has 1 fully saturated rings. The summed E-state index contributed by atoms with van der Waals surface area (Å²) in [7, 11) is 4.26. The summed E-state index contributed by atoms with van der Waals surface area (Å²) in [6.45, 7) is 4.40. The number of benzene rings is 1. The van der Waals surface area contributed by atoms with Crippen LogP contribution in [0.5, 0.6) is 0 Å². The smallest absolute Gasteiger partial charge is 0.0207 e. The number of rotatable bonds is 7. The van der Waals surface area contributed by atoms with Crippen molar-refractivity contribution in [2.24, 2.45) is 0 Å². The Hall–Kier alpha value is -0.860. The van der Waals surface area contributed by atoms with Gasteiger partial charge in [-0.2, -0.15) is 0 Å². The maximum absolute atomic E-state index is 3.59. The van der Waals surface area contributed by atoms with Crippen LogP contribution in [0.1, 0.15) is 43.2 Å². The molecule has 0 saturated heterocycles. The maximum Gasteiger partial charge on any atom is 0.0207 e. The van der Waals surface area contributed by atoms with Gasteiger partial charge in [-0.15, -0.1) is 0 Å². The van der Waals surface area contributed by atoms with Crippen LogP contribution in [0.2, 0.25) is 0 Å². The van der Waals surface area contributed by atoms with E-state index >= 15 is 0 Å². The first-order valence-corrected chi connectivity index (χ1v) is 7.12. The lowest BCUT2D eigenvalue weighted by Crippen LogP contribution is -2.29. The number of hydrogen-bond donors (Lipinski definition) is 1. The normalized spacial score (nSPS) is 17.1. The van der Waals surface area contributed by atoms with Gasteiger partial charge in [-0.25, -0.2) is 0 Å². The molecule has 1 unspecified atom stereocenters. The molecule has 2 rings (SSSR count). The Morgan fingerprint density at radius 1 is 1.22 bits per heavy atom. The molecule has 0 spiro atoms. The van der Waals surface area contributed by atoms with Crippen LogP contribution in [0, 0.1) is 0 Å². The Morgan fingerprint density at radius 3 is 2.44 bits per heavy atom. The molecule has 1 aromatic rings. The molecule has 1 aromatic carbocycles. The van der Waals surface area contributed by atoms with Crippen LogP contribution >= 0.6 is 0 Å². The van der Waals surface area contributed by atoms with Crippen LogP contribution in [0.3, 0.4) is 0 Å². The van der Waals surface area contributed by atoms with Crippen molar-refractivity contribution in [2.75, 3.05) is 20.6 Å². The van der Waals surface area contributed by atoms with E-state index in [9.17, 15) is 0 Å². The van der Waals surface area contributed by atoms with Gasteiger partial charge in [0, 0.05) is 12.6 Å². The van der Waals surface area contributed by atoms with Gasteiger partial charge < -0.3 is 10.2 Å². The topological polar surface area (TPSA) is 15.3 Å². The molecule has 2 nitrogen and oxygen atoms in total. The molecule has 1 atom stereocenters. The molecule has 1 aliphatic rings. The molecular formula is C16H26N2. The SMILES string of the molecule is CC(CCN(C)C)NCc1ccc(C2CC2)cc1. The minimum Gasteiger partial charge on any atom is -0.310 e. The fourth-order valence-electron chi connectivity index (χ4n) is 2.17. The lowest BCUT2D eigenvalue weighted by Gasteiger charge is -2.16. The van der Waals surface area contributed by atoms with E-state index in [2.05, 4.69) is 55.5 Å². The monoisotopic (exact) mass is 246 g/mol. The molecule has 1 N–H and O–H groups in total. The predicted molar refractivity (Wildman–Crippen MR) is 77.9 cm³/mol. The van der Waals surface area contributed by atoms with Gasteiger partial charge in [-0.1, -0.05) is 24.3 Å². The van der Waals surface area contributed by atoms with Crippen LogP contribution in [0.25, 0.3) is 0 Å². The van der Waals surface area contributed by atoms with Crippen LogP contribution in [-0.4, -0.2) is 31.6 Å². The highest BCUT2D eigenvalue weighted by atomic mass is 15.1. The van der Waals surface area contributed by atoms with Crippen LogP contribution in [0.4, 0.5) is 0 Å². The van der Waals surface area contributed by atoms with Crippen molar-refractivity contribution in [3.63, 3.8) is 0 Å². The summed E-state index contributed by atoms with van der Waals surface area (Å²) in [5, 5.41) is 3.59. The first kappa shape index (κ1) is 13.6. The van der Waals surface area contributed by atoms with Crippen molar-refractivity contribution in [2.45, 2.75) is 44.7 Å². The average molecular weight is 246 g/mol. The van der Waals surface area contributed by atoms with Crippen molar-refractivity contribution < 1.29 is 0 Å². The molecule has 0 amide bonds. The van der Waals surface area contributed by atoms with Gasteiger partial charge in [-0.3, -0.25) is 0 Å². The van der Waals surface area contributed by atoms with E-state index in [0.717, 1.165) is 19.0 Å². The van der Waals surface area contributed by atoms with Gasteiger partial charge in [0.2, 0.25) is 0 Å². The van der Waals surface area contributed by atoms with E-state index in [4.69, 9.17) is 0 Å². The van der Waals surface area contributed by atoms with Gasteiger partial charge >= 0.3 is 0 Å². The molecule has 18 heavy (non-hydrogen) atoms. The lowest BCUT2D eigenvalue weighted by molar-refractivity contribution is 0.365. The van der Waals surface area contributed by atoms with Crippen molar-refractivity contribution >= 4 is 0 Å². The summed E-state index contributed by atoms with van der Waals surface area (Å²) in [5.41, 5.74) is 2.93. The van der Waals surface area contributed by atoms with Gasteiger partial charge in [-0.05, 0) is 63.9 Å². The zero-order chi connectivity index (χ0) is 13.0. The van der Waals surface area contributed by atoms with Gasteiger partial charge in [0.05, 0.1) is 0 Å². The van der Waals surface area contributed by atoms with Gasteiger partial charge in [0.25, 0.3) is 0 Å². The molecule has 0 aliphatic heterocycles. The summed E-state index contributed by atoms with van der Waals surface area (Å²) in [6.07, 6.45) is 3.98. The Kier molecular flexibility index (Phi) is 4.79. The third-order valence-electron chi connectivity index (χ3n) is 3.69. The molecule has 0 radical (unpaired) electrons. The Labute approximate surface area is 111 Å². The second-order valence-electron chi connectivity index (χ2n) is 5.89. The van der Waals surface area contributed by atoms with Gasteiger partial charge in [0.15, 0.2) is 0 Å². The van der Waals surface area contributed by atoms with E-state index in [1.54, 1.807) is 0 Å². The van der Waals surface area contributed by atoms with E-state index in [0.29, 0.717) is 6.04 Å². The summed E-state index contributed by atoms with van der Waals surface area (Å²) in [5.74, 6) is 0.867. The lowest BCUT2D eigenvalue weighted by atomic mass is 10.1. The van der Waals surface area contributed by atoms with Crippen molar-refractivity contribution in [1.82, 2.24) is 10.2 Å². The molecule has 100 valence electrons. The summed E-state index contributed by atoms with van der Waals surface area (Å²) in [6, 6.07) is 9.74. The fraction of sp³-hybridized carbons (Fsp3) is 0.625. The average Bonchev–Trinajstić information content (AvgIpc) is 3.18. The molecule has 2 heteroatoms. The predicted octanol–water partition coefficient (Wildman–Crippen LogP) is 2.99. The number of hydrogen-bond acceptors (Lipinski definition) is 2. The Balaban J connectivity index is 1.72. The zero-order valence-electron chi connectivity index (χ0n) is 11.9. The quantitative estimate of drug-likeness (QED) is 0.795. The Morgan fingerprint density at radius 2 is 1.89 bits per heavy atom.